The number of oxazole rings is 1. The molecule has 0 saturated carbocycles. The molecule has 4 N–H and O–H groups in total. The van der Waals surface area contributed by atoms with E-state index in [9.17, 15) is 0 Å². The summed E-state index contributed by atoms with van der Waals surface area (Å²) < 4.78 is 5.81. The maximum Gasteiger partial charge on any atom is 0.212 e. The smallest absolute Gasteiger partial charge is 0.212 e. The fourth-order valence-corrected chi connectivity index (χ4v) is 3.14. The Bertz CT molecular complexity index is 600. The summed E-state index contributed by atoms with van der Waals surface area (Å²) in [6.45, 7) is 2.81. The van der Waals surface area contributed by atoms with E-state index in [-0.39, 0.29) is 18.4 Å². The first-order chi connectivity index (χ1) is 11.8. The molecule has 5 heteroatoms. The predicted octanol–water partition coefficient (Wildman–Crippen LogP) is 5.28. The predicted molar refractivity (Wildman–Crippen MR) is 108 cm³/mol. The molecule has 1 aromatic heterocycles. The van der Waals surface area contributed by atoms with E-state index in [1.807, 2.05) is 12.1 Å². The SMILES string of the molecule is CCCCCCCCCCc1cccc2oc(C(N)CCN)nc12.Cl. The maximum atomic E-state index is 6.07. The lowest BCUT2D eigenvalue weighted by molar-refractivity contribution is 0.462. The van der Waals surface area contributed by atoms with Gasteiger partial charge in [0.25, 0.3) is 0 Å². The summed E-state index contributed by atoms with van der Waals surface area (Å²) in [5, 5.41) is 0. The zero-order chi connectivity index (χ0) is 17.2. The highest BCUT2D eigenvalue weighted by Crippen LogP contribution is 2.24. The lowest BCUT2D eigenvalue weighted by Crippen LogP contribution is -2.15. The van der Waals surface area contributed by atoms with Crippen LogP contribution in [-0.4, -0.2) is 11.5 Å². The molecule has 142 valence electrons. The van der Waals surface area contributed by atoms with Crippen LogP contribution in [0.1, 0.15) is 82.2 Å². The Kier molecular flexibility index (Phi) is 10.8. The second-order valence-electron chi connectivity index (χ2n) is 6.72. The Hall–Kier alpha value is -1.10. The van der Waals surface area contributed by atoms with Gasteiger partial charge >= 0.3 is 0 Å². The average Bonchev–Trinajstić information content (AvgIpc) is 3.02. The molecule has 1 aromatic carbocycles. The molecule has 0 amide bonds. The topological polar surface area (TPSA) is 78.1 Å². The summed E-state index contributed by atoms with van der Waals surface area (Å²) in [5.41, 5.74) is 14.7. The average molecular weight is 368 g/mol. The number of hydrogen-bond acceptors (Lipinski definition) is 4. The Labute approximate surface area is 158 Å². The van der Waals surface area contributed by atoms with Gasteiger partial charge in [-0.1, -0.05) is 64.0 Å². The van der Waals surface area contributed by atoms with Crippen LogP contribution in [0.3, 0.4) is 0 Å². The highest BCUT2D eigenvalue weighted by atomic mass is 35.5. The van der Waals surface area contributed by atoms with E-state index in [0.717, 1.165) is 17.5 Å². The highest BCUT2D eigenvalue weighted by molar-refractivity contribution is 5.85. The second-order valence-corrected chi connectivity index (χ2v) is 6.72. The lowest BCUT2D eigenvalue weighted by atomic mass is 10.0. The van der Waals surface area contributed by atoms with Crippen molar-refractivity contribution in [3.63, 3.8) is 0 Å². The minimum absolute atomic E-state index is 0. The number of aryl methyl sites for hydroxylation is 1. The van der Waals surface area contributed by atoms with Crippen LogP contribution >= 0.6 is 12.4 Å². The summed E-state index contributed by atoms with van der Waals surface area (Å²) in [6, 6.07) is 5.97. The van der Waals surface area contributed by atoms with Crippen LogP contribution in [0.5, 0.6) is 0 Å². The third kappa shape index (κ3) is 6.96. The van der Waals surface area contributed by atoms with Gasteiger partial charge in [0, 0.05) is 0 Å². The van der Waals surface area contributed by atoms with Gasteiger partial charge in [-0.05, 0) is 37.4 Å². The molecule has 4 nitrogen and oxygen atoms in total. The summed E-state index contributed by atoms with van der Waals surface area (Å²) in [4.78, 5) is 4.63. The molecular formula is C20H34ClN3O. The number of rotatable bonds is 12. The van der Waals surface area contributed by atoms with Crippen molar-refractivity contribution in [3.8, 4) is 0 Å². The van der Waals surface area contributed by atoms with Gasteiger partial charge in [0.2, 0.25) is 5.89 Å². The molecule has 1 atom stereocenters. The molecule has 0 aliphatic heterocycles. The zero-order valence-corrected chi connectivity index (χ0v) is 16.3. The number of aromatic nitrogens is 1. The van der Waals surface area contributed by atoms with Crippen molar-refractivity contribution in [2.24, 2.45) is 11.5 Å². The highest BCUT2D eigenvalue weighted by Gasteiger charge is 2.15. The van der Waals surface area contributed by atoms with Gasteiger partial charge in [-0.15, -0.1) is 12.4 Å². The number of benzene rings is 1. The number of nitrogens with two attached hydrogens (primary N) is 2. The molecule has 1 unspecified atom stereocenters. The van der Waals surface area contributed by atoms with E-state index < -0.39 is 0 Å². The van der Waals surface area contributed by atoms with Gasteiger partial charge in [0.05, 0.1) is 6.04 Å². The number of hydrogen-bond donors (Lipinski definition) is 2. The van der Waals surface area contributed by atoms with Crippen molar-refractivity contribution in [2.45, 2.75) is 77.2 Å². The van der Waals surface area contributed by atoms with Gasteiger partial charge in [-0.3, -0.25) is 0 Å². The quantitative estimate of drug-likeness (QED) is 0.500. The van der Waals surface area contributed by atoms with Gasteiger partial charge in [0.15, 0.2) is 5.58 Å². The molecule has 0 radical (unpaired) electrons. The van der Waals surface area contributed by atoms with E-state index in [0.29, 0.717) is 18.9 Å². The standard InChI is InChI=1S/C20H33N3O.ClH/c1-2-3-4-5-6-7-8-9-11-16-12-10-13-18-19(16)23-20(24-18)17(22)14-15-21;/h10,12-13,17H,2-9,11,14-15,21-22H2,1H3;1H. The van der Waals surface area contributed by atoms with Crippen molar-refractivity contribution in [1.82, 2.24) is 4.98 Å². The van der Waals surface area contributed by atoms with Crippen molar-refractivity contribution < 1.29 is 4.42 Å². The third-order valence-electron chi connectivity index (χ3n) is 4.61. The van der Waals surface area contributed by atoms with E-state index in [1.54, 1.807) is 0 Å². The van der Waals surface area contributed by atoms with Crippen LogP contribution in [0.25, 0.3) is 11.1 Å². The molecule has 0 bridgehead atoms. The van der Waals surface area contributed by atoms with Crippen LogP contribution in [-0.2, 0) is 6.42 Å². The Morgan fingerprint density at radius 1 is 1.04 bits per heavy atom. The zero-order valence-electron chi connectivity index (χ0n) is 15.5. The molecule has 0 spiro atoms. The van der Waals surface area contributed by atoms with Crippen LogP contribution in [0.15, 0.2) is 22.6 Å². The van der Waals surface area contributed by atoms with Crippen molar-refractivity contribution in [1.29, 1.82) is 0 Å². The van der Waals surface area contributed by atoms with Crippen LogP contribution in [0.4, 0.5) is 0 Å². The monoisotopic (exact) mass is 367 g/mol. The summed E-state index contributed by atoms with van der Waals surface area (Å²) in [5.74, 6) is 0.610. The van der Waals surface area contributed by atoms with Gasteiger partial charge in [0.1, 0.15) is 5.52 Å². The van der Waals surface area contributed by atoms with Crippen molar-refractivity contribution >= 4 is 23.5 Å². The van der Waals surface area contributed by atoms with Crippen molar-refractivity contribution in [2.75, 3.05) is 6.54 Å². The number of para-hydroxylation sites is 1. The normalized spacial score (nSPS) is 12.3. The van der Waals surface area contributed by atoms with Gasteiger partial charge < -0.3 is 15.9 Å². The van der Waals surface area contributed by atoms with E-state index in [4.69, 9.17) is 15.9 Å². The maximum absolute atomic E-state index is 6.07. The fourth-order valence-electron chi connectivity index (χ4n) is 3.14. The van der Waals surface area contributed by atoms with Crippen molar-refractivity contribution in [3.05, 3.63) is 29.7 Å². The Morgan fingerprint density at radius 2 is 1.72 bits per heavy atom. The second kappa shape index (κ2) is 12.3. The number of unbranched alkanes of at least 4 members (excludes halogenated alkanes) is 7. The first kappa shape index (κ1) is 21.9. The first-order valence-corrected chi connectivity index (χ1v) is 9.60. The lowest BCUT2D eigenvalue weighted by Gasteiger charge is -2.03. The minimum atomic E-state index is -0.210. The minimum Gasteiger partial charge on any atom is -0.439 e. The Morgan fingerprint density at radius 3 is 2.40 bits per heavy atom. The largest absolute Gasteiger partial charge is 0.439 e. The number of nitrogens with zero attached hydrogens (tertiary/aromatic N) is 1. The molecule has 25 heavy (non-hydrogen) atoms. The summed E-state index contributed by atoms with van der Waals surface area (Å²) >= 11 is 0. The molecule has 0 aliphatic rings. The summed E-state index contributed by atoms with van der Waals surface area (Å²) in [6.07, 6.45) is 12.4. The van der Waals surface area contributed by atoms with Crippen LogP contribution in [0, 0.1) is 0 Å². The molecule has 2 aromatic rings. The van der Waals surface area contributed by atoms with E-state index in [2.05, 4.69) is 18.0 Å². The Balaban J connectivity index is 0.00000312. The summed E-state index contributed by atoms with van der Waals surface area (Å²) in [7, 11) is 0. The van der Waals surface area contributed by atoms with Crippen LogP contribution < -0.4 is 11.5 Å². The van der Waals surface area contributed by atoms with Crippen LogP contribution in [0.2, 0.25) is 0 Å². The molecule has 0 fully saturated rings. The van der Waals surface area contributed by atoms with E-state index >= 15 is 0 Å². The van der Waals surface area contributed by atoms with Gasteiger partial charge in [-0.25, -0.2) is 4.98 Å². The molecule has 0 aliphatic carbocycles. The molecular weight excluding hydrogens is 334 g/mol. The fraction of sp³-hybridized carbons (Fsp3) is 0.650. The van der Waals surface area contributed by atoms with E-state index in [1.165, 1.54) is 56.9 Å². The molecule has 0 saturated heterocycles. The number of halogens is 1. The first-order valence-electron chi connectivity index (χ1n) is 9.60. The molecule has 1 heterocycles. The number of fused-ring (bicyclic) bond motifs is 1. The third-order valence-corrected chi connectivity index (χ3v) is 4.61. The van der Waals surface area contributed by atoms with Gasteiger partial charge in [-0.2, -0.15) is 0 Å². The molecule has 2 rings (SSSR count).